The molecule has 0 spiro atoms. The second-order valence-electron chi connectivity index (χ2n) is 5.75. The van der Waals surface area contributed by atoms with Crippen molar-refractivity contribution in [2.24, 2.45) is 5.92 Å². The van der Waals surface area contributed by atoms with Crippen LogP contribution in [0.25, 0.3) is 0 Å². The van der Waals surface area contributed by atoms with Crippen molar-refractivity contribution < 1.29 is 17.6 Å². The van der Waals surface area contributed by atoms with Crippen LogP contribution in [0.3, 0.4) is 0 Å². The molecule has 22 heavy (non-hydrogen) atoms. The molecule has 0 amide bonds. The molecule has 1 fully saturated rings. The number of carbonyl (C=O) groups is 1. The summed E-state index contributed by atoms with van der Waals surface area (Å²) in [5.41, 5.74) is 0. The van der Waals surface area contributed by atoms with E-state index >= 15 is 0 Å². The summed E-state index contributed by atoms with van der Waals surface area (Å²) in [6, 6.07) is -0.583. The predicted octanol–water partition coefficient (Wildman–Crippen LogP) is 0.164. The van der Waals surface area contributed by atoms with E-state index in [-0.39, 0.29) is 29.9 Å². The zero-order chi connectivity index (χ0) is 16.5. The van der Waals surface area contributed by atoms with Gasteiger partial charge in [-0.1, -0.05) is 13.8 Å². The molecule has 0 aromatic carbocycles. The summed E-state index contributed by atoms with van der Waals surface area (Å²) in [4.78, 5) is 23.6. The Bertz CT molecular complexity index is 704. The van der Waals surface area contributed by atoms with E-state index in [4.69, 9.17) is 4.42 Å². The molecule has 0 aliphatic carbocycles. The molecule has 2 heterocycles. The maximum Gasteiger partial charge on any atom is 0.437 e. The normalized spacial score (nSPS) is 19.9. The number of sulfonamides is 1. The standard InChI is InChI=1S/C13H21N3O5S/c1-9(2)12(17)11-5-4-6-16(11)22(19,20)8-7-15-13(18)21-10(3)14-15/h9,11H,4-8H2,1-3H3. The Hall–Kier alpha value is -1.48. The molecule has 1 unspecified atom stereocenters. The molecule has 1 aromatic rings. The lowest BCUT2D eigenvalue weighted by atomic mass is 10.0. The van der Waals surface area contributed by atoms with Crippen LogP contribution in [0.5, 0.6) is 0 Å². The number of rotatable bonds is 6. The first-order valence-corrected chi connectivity index (χ1v) is 8.91. The minimum absolute atomic E-state index is 0.0597. The summed E-state index contributed by atoms with van der Waals surface area (Å²) in [6.45, 7) is 5.31. The van der Waals surface area contributed by atoms with E-state index in [0.29, 0.717) is 19.4 Å². The molecule has 1 aromatic heterocycles. The zero-order valence-corrected chi connectivity index (χ0v) is 13.8. The lowest BCUT2D eigenvalue weighted by Gasteiger charge is -2.24. The lowest BCUT2D eigenvalue weighted by molar-refractivity contribution is -0.125. The summed E-state index contributed by atoms with van der Waals surface area (Å²) in [7, 11) is -3.62. The van der Waals surface area contributed by atoms with Gasteiger partial charge in [0.15, 0.2) is 5.78 Å². The summed E-state index contributed by atoms with van der Waals surface area (Å²) < 4.78 is 31.9. The van der Waals surface area contributed by atoms with E-state index in [0.717, 1.165) is 4.68 Å². The maximum atomic E-state index is 12.5. The van der Waals surface area contributed by atoms with Gasteiger partial charge in [0.1, 0.15) is 0 Å². The summed E-state index contributed by atoms with van der Waals surface area (Å²) in [5.74, 6) is -1.03. The number of nitrogens with zero attached hydrogens (tertiary/aromatic N) is 3. The van der Waals surface area contributed by atoms with E-state index < -0.39 is 21.8 Å². The number of aryl methyl sites for hydroxylation is 2. The van der Waals surface area contributed by atoms with Crippen molar-refractivity contribution in [3.8, 4) is 0 Å². The van der Waals surface area contributed by atoms with Crippen molar-refractivity contribution in [3.05, 3.63) is 16.4 Å². The number of Topliss-reactive ketones (excluding diaryl/α,β-unsaturated/α-hetero) is 1. The van der Waals surface area contributed by atoms with Gasteiger partial charge >= 0.3 is 5.76 Å². The number of hydrogen-bond acceptors (Lipinski definition) is 6. The molecule has 0 saturated carbocycles. The van der Waals surface area contributed by atoms with Crippen LogP contribution in [0.15, 0.2) is 9.21 Å². The van der Waals surface area contributed by atoms with Gasteiger partial charge in [-0.2, -0.15) is 8.99 Å². The van der Waals surface area contributed by atoms with Gasteiger partial charge in [-0.15, -0.1) is 5.10 Å². The molecule has 9 heteroatoms. The number of ketones is 1. The SMILES string of the molecule is Cc1nn(CCS(=O)(=O)N2CCCC2C(=O)C(C)C)c(=O)o1. The quantitative estimate of drug-likeness (QED) is 0.736. The van der Waals surface area contributed by atoms with Gasteiger partial charge in [0.2, 0.25) is 15.9 Å². The fourth-order valence-electron chi connectivity index (χ4n) is 2.61. The van der Waals surface area contributed by atoms with E-state index in [1.54, 1.807) is 13.8 Å². The first-order chi connectivity index (χ1) is 10.2. The minimum atomic E-state index is -3.62. The van der Waals surface area contributed by atoms with Crippen LogP contribution in [0.4, 0.5) is 0 Å². The Morgan fingerprint density at radius 3 is 2.68 bits per heavy atom. The highest BCUT2D eigenvalue weighted by Gasteiger charge is 2.38. The highest BCUT2D eigenvalue weighted by molar-refractivity contribution is 7.89. The van der Waals surface area contributed by atoms with Gasteiger partial charge in [0, 0.05) is 19.4 Å². The van der Waals surface area contributed by atoms with E-state index in [9.17, 15) is 18.0 Å². The highest BCUT2D eigenvalue weighted by Crippen LogP contribution is 2.24. The first kappa shape index (κ1) is 16.9. The first-order valence-electron chi connectivity index (χ1n) is 7.30. The van der Waals surface area contributed by atoms with E-state index in [1.165, 1.54) is 11.2 Å². The molecular formula is C13H21N3O5S. The maximum absolute atomic E-state index is 12.5. The van der Waals surface area contributed by atoms with Crippen LogP contribution in [-0.2, 0) is 21.4 Å². The summed E-state index contributed by atoms with van der Waals surface area (Å²) in [5, 5.41) is 3.81. The number of carbonyl (C=O) groups excluding carboxylic acids is 1. The fraction of sp³-hybridized carbons (Fsp3) is 0.769. The Labute approximate surface area is 129 Å². The van der Waals surface area contributed by atoms with Crippen LogP contribution >= 0.6 is 0 Å². The summed E-state index contributed by atoms with van der Waals surface area (Å²) >= 11 is 0. The topological polar surface area (TPSA) is 102 Å². The molecule has 1 saturated heterocycles. The predicted molar refractivity (Wildman–Crippen MR) is 78.9 cm³/mol. The van der Waals surface area contributed by atoms with Crippen LogP contribution in [0.2, 0.25) is 0 Å². The molecule has 8 nitrogen and oxygen atoms in total. The van der Waals surface area contributed by atoms with Crippen LogP contribution in [0, 0.1) is 12.8 Å². The van der Waals surface area contributed by atoms with Crippen molar-refractivity contribution in [1.29, 1.82) is 0 Å². The Morgan fingerprint density at radius 1 is 1.45 bits per heavy atom. The van der Waals surface area contributed by atoms with Crippen molar-refractivity contribution in [3.63, 3.8) is 0 Å². The molecule has 0 N–H and O–H groups in total. The van der Waals surface area contributed by atoms with Gasteiger partial charge in [-0.3, -0.25) is 4.79 Å². The second-order valence-corrected chi connectivity index (χ2v) is 7.79. The summed E-state index contributed by atoms with van der Waals surface area (Å²) in [6.07, 6.45) is 1.23. The Kier molecular flexibility index (Phi) is 4.86. The van der Waals surface area contributed by atoms with Crippen LogP contribution in [0.1, 0.15) is 32.6 Å². The molecule has 124 valence electrons. The number of aromatic nitrogens is 2. The third-order valence-electron chi connectivity index (χ3n) is 3.73. The molecule has 1 aliphatic rings. The Balaban J connectivity index is 2.11. The van der Waals surface area contributed by atoms with Crippen molar-refractivity contribution >= 4 is 15.8 Å². The molecule has 1 aliphatic heterocycles. The third kappa shape index (κ3) is 3.46. The van der Waals surface area contributed by atoms with Crippen LogP contribution < -0.4 is 5.76 Å². The zero-order valence-electron chi connectivity index (χ0n) is 13.0. The van der Waals surface area contributed by atoms with Gasteiger partial charge in [-0.05, 0) is 12.8 Å². The van der Waals surface area contributed by atoms with Crippen LogP contribution in [-0.4, -0.2) is 46.6 Å². The molecule has 1 atom stereocenters. The van der Waals surface area contributed by atoms with E-state index in [2.05, 4.69) is 5.10 Å². The fourth-order valence-corrected chi connectivity index (χ4v) is 4.26. The average Bonchev–Trinajstić information content (AvgIpc) is 3.02. The number of hydrogen-bond donors (Lipinski definition) is 0. The van der Waals surface area contributed by atoms with Crippen molar-refractivity contribution in [2.75, 3.05) is 12.3 Å². The van der Waals surface area contributed by atoms with Crippen molar-refractivity contribution in [2.45, 2.75) is 46.2 Å². The van der Waals surface area contributed by atoms with Gasteiger partial charge in [-0.25, -0.2) is 13.2 Å². The Morgan fingerprint density at radius 2 is 2.14 bits per heavy atom. The third-order valence-corrected chi connectivity index (χ3v) is 5.58. The smallest absolute Gasteiger partial charge is 0.393 e. The molecular weight excluding hydrogens is 310 g/mol. The highest BCUT2D eigenvalue weighted by atomic mass is 32.2. The van der Waals surface area contributed by atoms with Crippen molar-refractivity contribution in [1.82, 2.24) is 14.1 Å². The molecule has 0 bridgehead atoms. The largest absolute Gasteiger partial charge is 0.437 e. The second kappa shape index (κ2) is 6.33. The minimum Gasteiger partial charge on any atom is -0.393 e. The molecule has 2 rings (SSSR count). The molecule has 0 radical (unpaired) electrons. The van der Waals surface area contributed by atoms with Gasteiger partial charge in [0.25, 0.3) is 0 Å². The monoisotopic (exact) mass is 331 g/mol. The average molecular weight is 331 g/mol. The van der Waals surface area contributed by atoms with Gasteiger partial charge < -0.3 is 4.42 Å². The lowest BCUT2D eigenvalue weighted by Crippen LogP contribution is -2.43. The van der Waals surface area contributed by atoms with E-state index in [1.807, 2.05) is 0 Å². The van der Waals surface area contributed by atoms with Gasteiger partial charge in [0.05, 0.1) is 18.3 Å².